The van der Waals surface area contributed by atoms with E-state index in [2.05, 4.69) is 20.8 Å². The van der Waals surface area contributed by atoms with Crippen LogP contribution in [-0.4, -0.2) is 0 Å². The summed E-state index contributed by atoms with van der Waals surface area (Å²) < 4.78 is 7.45. The van der Waals surface area contributed by atoms with Crippen molar-refractivity contribution in [3.8, 4) is 0 Å². The summed E-state index contributed by atoms with van der Waals surface area (Å²) in [5.74, 6) is 0. The molecule has 0 saturated heterocycles. The van der Waals surface area contributed by atoms with Crippen LogP contribution < -0.4 is 24.8 Å². The molecule has 0 aromatic rings. The minimum Gasteiger partial charge on any atom is -1.00 e. The predicted octanol–water partition coefficient (Wildman–Crippen LogP) is -3.94. The van der Waals surface area contributed by atoms with E-state index in [1.807, 2.05) is 0 Å². The molecule has 8 heavy (non-hydrogen) atoms. The average molecular weight is 322 g/mol. The van der Waals surface area contributed by atoms with E-state index in [9.17, 15) is 0 Å². The van der Waals surface area contributed by atoms with Gasteiger partial charge in [-0.1, -0.05) is 0 Å². The van der Waals surface area contributed by atoms with Gasteiger partial charge < -0.3 is 24.8 Å². The summed E-state index contributed by atoms with van der Waals surface area (Å²) in [6.07, 6.45) is 0. The van der Waals surface area contributed by atoms with Crippen molar-refractivity contribution in [2.75, 3.05) is 0 Å². The molecule has 0 spiro atoms. The standard InChI is InChI=1S/C4H9.2ClH.Hf.HN/c1-4(2)3;;;;/h1-3H3;2*1H;;1H/q;;;+2;/p-2. The zero-order valence-corrected chi connectivity index (χ0v) is 10.4. The van der Waals surface area contributed by atoms with Gasteiger partial charge >= 0.3 is 50.0 Å². The quantitative estimate of drug-likeness (QED) is 0.441. The van der Waals surface area contributed by atoms with E-state index >= 15 is 0 Å². The van der Waals surface area contributed by atoms with Crippen molar-refractivity contribution in [2.24, 2.45) is 0 Å². The molecule has 0 fully saturated rings. The van der Waals surface area contributed by atoms with Crippen LogP contribution in [0.5, 0.6) is 0 Å². The first-order chi connectivity index (χ1) is 2.56. The van der Waals surface area contributed by atoms with E-state index in [1.54, 1.807) is 0 Å². The Bertz CT molecular complexity index is 59.5. The molecule has 0 atom stereocenters. The molecule has 0 aromatic heterocycles. The minimum atomic E-state index is -0.905. The second kappa shape index (κ2) is 6.37. The van der Waals surface area contributed by atoms with E-state index in [4.69, 9.17) is 3.33 Å². The van der Waals surface area contributed by atoms with Crippen LogP contribution in [0.3, 0.4) is 0 Å². The summed E-state index contributed by atoms with van der Waals surface area (Å²) in [5, 5.41) is 0. The van der Waals surface area contributed by atoms with Crippen molar-refractivity contribution in [1.29, 1.82) is 3.33 Å². The van der Waals surface area contributed by atoms with Crippen LogP contribution in [0.4, 0.5) is 0 Å². The van der Waals surface area contributed by atoms with Gasteiger partial charge in [0.2, 0.25) is 0 Å². The summed E-state index contributed by atoms with van der Waals surface area (Å²) in [6, 6.07) is 0. The Morgan fingerprint density at radius 2 is 1.25 bits per heavy atom. The van der Waals surface area contributed by atoms with Crippen LogP contribution >= 0.6 is 0 Å². The maximum atomic E-state index is 7.05. The zero-order valence-electron chi connectivity index (χ0n) is 5.26. The summed E-state index contributed by atoms with van der Waals surface area (Å²) in [6.45, 7) is 6.43. The Labute approximate surface area is 74.5 Å². The first kappa shape index (κ1) is 16.1. The Hall–Kier alpha value is 1.25. The number of hydrogen-bond acceptors (Lipinski definition) is 1. The number of hydrogen-bond donors (Lipinski definition) is 1. The van der Waals surface area contributed by atoms with Gasteiger partial charge in [0.1, 0.15) is 0 Å². The fraction of sp³-hybridized carbons (Fsp3) is 1.00. The summed E-state index contributed by atoms with van der Waals surface area (Å²) >= 11 is -0.905. The number of nitrogens with one attached hydrogen (secondary N) is 1. The second-order valence-corrected chi connectivity index (χ2v) is 8.66. The van der Waals surface area contributed by atoms with Gasteiger partial charge in [0, 0.05) is 0 Å². The van der Waals surface area contributed by atoms with Crippen LogP contribution in [0.1, 0.15) is 20.8 Å². The van der Waals surface area contributed by atoms with E-state index in [-0.39, 0.29) is 24.8 Å². The molecule has 0 aliphatic heterocycles. The summed E-state index contributed by atoms with van der Waals surface area (Å²) in [7, 11) is 0. The molecule has 0 aliphatic rings. The van der Waals surface area contributed by atoms with Crippen LogP contribution in [-0.2, 0) is 22.7 Å². The van der Waals surface area contributed by atoms with Gasteiger partial charge in [-0.3, -0.25) is 0 Å². The summed E-state index contributed by atoms with van der Waals surface area (Å²) in [4.78, 5) is 0. The maximum absolute atomic E-state index is 7.05. The van der Waals surface area contributed by atoms with Gasteiger partial charge in [-0.2, -0.15) is 0 Å². The van der Waals surface area contributed by atoms with Crippen LogP contribution in [0.2, 0.25) is 3.17 Å². The third-order valence-corrected chi connectivity index (χ3v) is 3.07. The molecule has 0 bridgehead atoms. The number of rotatable bonds is 0. The Morgan fingerprint density at radius 3 is 1.25 bits per heavy atom. The van der Waals surface area contributed by atoms with Gasteiger partial charge in [0.05, 0.1) is 0 Å². The monoisotopic (exact) mass is 322 g/mol. The largest absolute Gasteiger partial charge is 1.00 e. The third kappa shape index (κ3) is 15.7. The molecule has 0 aromatic carbocycles. The molecule has 1 nitrogen and oxygen atoms in total. The molecule has 0 heterocycles. The molecular formula is C4H10Cl2HfN. The molecule has 1 N–H and O–H groups in total. The SMILES string of the molecule is C[C](C)(C)[Hf+2]=[NH].[Cl-].[Cl-]. The van der Waals surface area contributed by atoms with Crippen molar-refractivity contribution in [3.05, 3.63) is 0 Å². The predicted molar refractivity (Wildman–Crippen MR) is 22.4 cm³/mol. The van der Waals surface area contributed by atoms with Crippen LogP contribution in [0, 0.1) is 3.33 Å². The first-order valence-electron chi connectivity index (χ1n) is 2.00. The van der Waals surface area contributed by atoms with E-state index in [1.165, 1.54) is 0 Å². The molecule has 0 aliphatic carbocycles. The molecular weight excluding hydrogens is 311 g/mol. The van der Waals surface area contributed by atoms with Crippen LogP contribution in [0.15, 0.2) is 0 Å². The fourth-order valence-electron chi connectivity index (χ4n) is 0. The van der Waals surface area contributed by atoms with Gasteiger partial charge in [-0.25, -0.2) is 0 Å². The third-order valence-electron chi connectivity index (χ3n) is 0.375. The molecule has 0 unspecified atom stereocenters. The van der Waals surface area contributed by atoms with Gasteiger partial charge in [0.25, 0.3) is 0 Å². The second-order valence-electron chi connectivity index (χ2n) is 2.38. The molecule has 0 radical (unpaired) electrons. The molecule has 4 heteroatoms. The van der Waals surface area contributed by atoms with Gasteiger partial charge in [0.15, 0.2) is 0 Å². The van der Waals surface area contributed by atoms with Gasteiger partial charge in [-0.05, 0) is 0 Å². The Kier molecular flexibility index (Phi) is 12.8. The fourth-order valence-corrected chi connectivity index (χ4v) is 0. The normalized spacial score (nSPS) is 7.88. The molecule has 0 saturated carbocycles. The Morgan fingerprint density at radius 1 is 1.12 bits per heavy atom. The molecule has 0 rings (SSSR count). The first-order valence-corrected chi connectivity index (χ1v) is 5.59. The summed E-state index contributed by atoms with van der Waals surface area (Å²) in [5.41, 5.74) is 0. The maximum Gasteiger partial charge on any atom is -1.00 e. The van der Waals surface area contributed by atoms with Crippen molar-refractivity contribution >= 4 is 0 Å². The topological polar surface area (TPSA) is 23.9 Å². The zero-order chi connectivity index (χ0) is 5.21. The van der Waals surface area contributed by atoms with E-state index < -0.39 is 22.7 Å². The average Bonchev–Trinajstić information content (AvgIpc) is 1.35. The van der Waals surface area contributed by atoms with Crippen LogP contribution in [0.25, 0.3) is 0 Å². The molecule has 49 valence electrons. The van der Waals surface area contributed by atoms with E-state index in [0.717, 1.165) is 0 Å². The van der Waals surface area contributed by atoms with E-state index in [0.29, 0.717) is 3.17 Å². The number of halogens is 2. The van der Waals surface area contributed by atoms with Gasteiger partial charge in [-0.15, -0.1) is 0 Å². The van der Waals surface area contributed by atoms with Crippen molar-refractivity contribution < 1.29 is 47.6 Å². The van der Waals surface area contributed by atoms with Crippen molar-refractivity contribution in [3.63, 3.8) is 0 Å². The van der Waals surface area contributed by atoms with Crippen molar-refractivity contribution in [2.45, 2.75) is 23.9 Å². The Balaban J connectivity index is -0.000000125. The van der Waals surface area contributed by atoms with Crippen molar-refractivity contribution in [1.82, 2.24) is 0 Å². The smallest absolute Gasteiger partial charge is 1.00 e. The molecule has 0 amide bonds. The minimum absolute atomic E-state index is 0.